The molecule has 4 rings (SSSR count). The van der Waals surface area contributed by atoms with Gasteiger partial charge in [-0.15, -0.1) is 5.10 Å². The Morgan fingerprint density at radius 2 is 1.43 bits per heavy atom. The molecular weight excluding hydrogens is 524 g/mol. The zero-order valence-electron chi connectivity index (χ0n) is 18.3. The number of primary amides is 1. The standard InChI is InChI=1S/C24H14ClF6N5O/c25-19-13(8-5-11-33-19)16(20(32)37)12-36-22(15-7-2-4-10-18(15)24(29,30)31)34-21(35-36)14-6-1-3-9-17(14)23(26,27)28/h1-12H,(H2,32,37). The zero-order valence-corrected chi connectivity index (χ0v) is 19.1. The largest absolute Gasteiger partial charge is 0.417 e. The van der Waals surface area contributed by atoms with Crippen molar-refractivity contribution in [1.29, 1.82) is 0 Å². The Morgan fingerprint density at radius 1 is 0.865 bits per heavy atom. The Kier molecular flexibility index (Phi) is 6.78. The van der Waals surface area contributed by atoms with Crippen LogP contribution in [0.2, 0.25) is 5.15 Å². The van der Waals surface area contributed by atoms with Crippen LogP contribution in [0, 0.1) is 0 Å². The van der Waals surface area contributed by atoms with Gasteiger partial charge >= 0.3 is 12.4 Å². The molecule has 0 saturated heterocycles. The molecule has 2 heterocycles. The average Bonchev–Trinajstić information content (AvgIpc) is 3.25. The normalized spacial score (nSPS) is 12.6. The van der Waals surface area contributed by atoms with Crippen LogP contribution in [-0.4, -0.2) is 25.7 Å². The summed E-state index contributed by atoms with van der Waals surface area (Å²) < 4.78 is 83.2. The number of nitrogens with zero attached hydrogens (tertiary/aromatic N) is 4. The Bertz CT molecular complexity index is 1510. The number of carbonyl (C=O) groups is 1. The predicted octanol–water partition coefficient (Wildman–Crippen LogP) is 6.18. The van der Waals surface area contributed by atoms with Crippen molar-refractivity contribution in [2.75, 3.05) is 0 Å². The van der Waals surface area contributed by atoms with Gasteiger partial charge in [0.05, 0.1) is 16.7 Å². The van der Waals surface area contributed by atoms with Crippen molar-refractivity contribution < 1.29 is 31.1 Å². The smallest absolute Gasteiger partial charge is 0.366 e. The molecular formula is C24H14ClF6N5O. The van der Waals surface area contributed by atoms with Crippen molar-refractivity contribution in [3.05, 3.63) is 88.7 Å². The van der Waals surface area contributed by atoms with E-state index in [0.717, 1.165) is 47.3 Å². The molecule has 13 heteroatoms. The SMILES string of the molecule is NC(=O)C(=Cn1nc(-c2ccccc2C(F)(F)F)nc1-c1ccccc1C(F)(F)F)c1cccnc1Cl. The number of aromatic nitrogens is 4. The van der Waals surface area contributed by atoms with E-state index in [2.05, 4.69) is 15.1 Å². The van der Waals surface area contributed by atoms with Crippen molar-refractivity contribution in [2.45, 2.75) is 12.4 Å². The van der Waals surface area contributed by atoms with E-state index in [0.29, 0.717) is 0 Å². The van der Waals surface area contributed by atoms with Crippen molar-refractivity contribution in [2.24, 2.45) is 5.73 Å². The summed E-state index contributed by atoms with van der Waals surface area (Å²) in [7, 11) is 0. The first-order valence-corrected chi connectivity index (χ1v) is 10.7. The van der Waals surface area contributed by atoms with Crippen molar-refractivity contribution in [1.82, 2.24) is 19.7 Å². The number of carbonyl (C=O) groups excluding carboxylic acids is 1. The third kappa shape index (κ3) is 5.33. The molecule has 190 valence electrons. The summed E-state index contributed by atoms with van der Waals surface area (Å²) in [6.45, 7) is 0. The molecule has 0 radical (unpaired) electrons. The molecule has 0 aliphatic heterocycles. The number of halogens is 7. The lowest BCUT2D eigenvalue weighted by Gasteiger charge is -2.12. The van der Waals surface area contributed by atoms with Crippen LogP contribution in [0.4, 0.5) is 26.3 Å². The molecule has 0 fully saturated rings. The number of alkyl halides is 6. The number of nitrogens with two attached hydrogens (primary N) is 1. The number of hydrogen-bond acceptors (Lipinski definition) is 4. The van der Waals surface area contributed by atoms with Crippen LogP contribution in [0.3, 0.4) is 0 Å². The quantitative estimate of drug-likeness (QED) is 0.187. The summed E-state index contributed by atoms with van der Waals surface area (Å²) in [4.78, 5) is 20.1. The molecule has 0 aliphatic carbocycles. The van der Waals surface area contributed by atoms with E-state index in [1.165, 1.54) is 30.5 Å². The van der Waals surface area contributed by atoms with Gasteiger partial charge in [-0.1, -0.05) is 48.0 Å². The predicted molar refractivity (Wildman–Crippen MR) is 124 cm³/mol. The molecule has 0 aliphatic rings. The second-order valence-corrected chi connectivity index (χ2v) is 7.90. The van der Waals surface area contributed by atoms with Crippen LogP contribution in [-0.2, 0) is 17.1 Å². The summed E-state index contributed by atoms with van der Waals surface area (Å²) >= 11 is 6.06. The molecule has 0 spiro atoms. The van der Waals surface area contributed by atoms with Crippen LogP contribution >= 0.6 is 11.6 Å². The first kappa shape index (κ1) is 25.9. The average molecular weight is 538 g/mol. The Labute approximate surface area is 210 Å². The van der Waals surface area contributed by atoms with Crippen molar-refractivity contribution >= 4 is 29.3 Å². The van der Waals surface area contributed by atoms with E-state index in [-0.39, 0.29) is 16.3 Å². The van der Waals surface area contributed by atoms with E-state index in [1.54, 1.807) is 0 Å². The highest BCUT2D eigenvalue weighted by atomic mass is 35.5. The zero-order chi connectivity index (χ0) is 27.0. The maximum absolute atomic E-state index is 13.8. The molecule has 2 N–H and O–H groups in total. The molecule has 4 aromatic rings. The summed E-state index contributed by atoms with van der Waals surface area (Å²) in [5.41, 5.74) is 2.01. The number of rotatable bonds is 5. The first-order chi connectivity index (χ1) is 17.4. The number of pyridine rings is 1. The van der Waals surface area contributed by atoms with Gasteiger partial charge in [0.1, 0.15) is 5.15 Å². The van der Waals surface area contributed by atoms with Crippen LogP contribution in [0.5, 0.6) is 0 Å². The maximum Gasteiger partial charge on any atom is 0.417 e. The van der Waals surface area contributed by atoms with Crippen LogP contribution in [0.25, 0.3) is 34.5 Å². The minimum absolute atomic E-state index is 0.0273. The monoisotopic (exact) mass is 537 g/mol. The van der Waals surface area contributed by atoms with Crippen LogP contribution in [0.15, 0.2) is 66.9 Å². The van der Waals surface area contributed by atoms with Gasteiger partial charge in [-0.25, -0.2) is 14.6 Å². The van der Waals surface area contributed by atoms with Gasteiger partial charge in [-0.05, 0) is 24.3 Å². The van der Waals surface area contributed by atoms with Gasteiger partial charge < -0.3 is 5.73 Å². The number of hydrogen-bond donors (Lipinski definition) is 1. The topological polar surface area (TPSA) is 86.7 Å². The van der Waals surface area contributed by atoms with Gasteiger partial charge in [0.25, 0.3) is 5.91 Å². The number of amides is 1. The Balaban J connectivity index is 2.04. The summed E-state index contributed by atoms with van der Waals surface area (Å²) in [6.07, 6.45) is -7.36. The van der Waals surface area contributed by atoms with Gasteiger partial charge in [-0.2, -0.15) is 26.3 Å². The summed E-state index contributed by atoms with van der Waals surface area (Å²) in [5, 5.41) is 3.88. The van der Waals surface area contributed by atoms with Gasteiger partial charge in [0, 0.05) is 29.1 Å². The number of benzene rings is 2. The van der Waals surface area contributed by atoms with Crippen LogP contribution in [0.1, 0.15) is 16.7 Å². The maximum atomic E-state index is 13.8. The highest BCUT2D eigenvalue weighted by molar-refractivity contribution is 6.34. The second-order valence-electron chi connectivity index (χ2n) is 7.54. The lowest BCUT2D eigenvalue weighted by molar-refractivity contribution is -0.137. The molecule has 37 heavy (non-hydrogen) atoms. The molecule has 2 aromatic carbocycles. The van der Waals surface area contributed by atoms with E-state index in [9.17, 15) is 31.1 Å². The van der Waals surface area contributed by atoms with Crippen molar-refractivity contribution in [3.63, 3.8) is 0 Å². The molecule has 0 saturated carbocycles. The molecule has 0 atom stereocenters. The molecule has 0 unspecified atom stereocenters. The molecule has 2 aromatic heterocycles. The molecule has 0 bridgehead atoms. The van der Waals surface area contributed by atoms with E-state index >= 15 is 0 Å². The fraction of sp³-hybridized carbons (Fsp3) is 0.0833. The lowest BCUT2D eigenvalue weighted by atomic mass is 10.1. The minimum Gasteiger partial charge on any atom is -0.366 e. The van der Waals surface area contributed by atoms with Gasteiger partial charge in [0.15, 0.2) is 11.6 Å². The van der Waals surface area contributed by atoms with Gasteiger partial charge in [-0.3, -0.25) is 4.79 Å². The molecule has 6 nitrogen and oxygen atoms in total. The Hall–Kier alpha value is -4.19. The van der Waals surface area contributed by atoms with Gasteiger partial charge in [0.2, 0.25) is 0 Å². The fourth-order valence-corrected chi connectivity index (χ4v) is 3.76. The van der Waals surface area contributed by atoms with E-state index in [4.69, 9.17) is 17.3 Å². The highest BCUT2D eigenvalue weighted by Gasteiger charge is 2.37. The van der Waals surface area contributed by atoms with E-state index in [1.807, 2.05) is 0 Å². The first-order valence-electron chi connectivity index (χ1n) is 10.3. The second kappa shape index (κ2) is 9.69. The van der Waals surface area contributed by atoms with E-state index < -0.39 is 52.2 Å². The third-order valence-electron chi connectivity index (χ3n) is 5.14. The summed E-state index contributed by atoms with van der Waals surface area (Å²) in [5.74, 6) is -2.06. The molecule has 1 amide bonds. The summed E-state index contributed by atoms with van der Waals surface area (Å²) in [6, 6.07) is 11.4. The lowest BCUT2D eigenvalue weighted by Crippen LogP contribution is -2.15. The van der Waals surface area contributed by atoms with Crippen molar-refractivity contribution in [3.8, 4) is 22.8 Å². The third-order valence-corrected chi connectivity index (χ3v) is 5.45. The minimum atomic E-state index is -4.83. The Morgan fingerprint density at radius 3 is 2.00 bits per heavy atom. The fourth-order valence-electron chi connectivity index (χ4n) is 3.54. The highest BCUT2D eigenvalue weighted by Crippen LogP contribution is 2.39. The van der Waals surface area contributed by atoms with Crippen LogP contribution < -0.4 is 5.73 Å².